The minimum atomic E-state index is -4.43. The van der Waals surface area contributed by atoms with Crippen molar-refractivity contribution >= 4 is 40.0 Å². The summed E-state index contributed by atoms with van der Waals surface area (Å²) in [7, 11) is 1.46. The highest BCUT2D eigenvalue weighted by molar-refractivity contribution is 8.27. The molecule has 1 fully saturated rings. The smallest absolute Gasteiger partial charge is 0.416 e. The predicted molar refractivity (Wildman–Crippen MR) is 101 cm³/mol. The van der Waals surface area contributed by atoms with Crippen molar-refractivity contribution in [3.63, 3.8) is 0 Å². The van der Waals surface area contributed by atoms with Crippen LogP contribution >= 0.6 is 24.0 Å². The first-order chi connectivity index (χ1) is 12.3. The number of allylic oxidation sites excluding steroid dienone is 1. The Morgan fingerprint density at radius 2 is 1.96 bits per heavy atom. The quantitative estimate of drug-likeness (QED) is 0.489. The van der Waals surface area contributed by atoms with Gasteiger partial charge in [0.2, 0.25) is 0 Å². The number of halogens is 3. The lowest BCUT2D eigenvalue weighted by atomic mass is 9.99. The van der Waals surface area contributed by atoms with Gasteiger partial charge in [-0.2, -0.15) is 13.2 Å². The molecule has 0 aromatic heterocycles. The van der Waals surface area contributed by atoms with Crippen LogP contribution in [0, 0.1) is 0 Å². The van der Waals surface area contributed by atoms with E-state index in [1.807, 2.05) is 0 Å². The average molecular weight is 394 g/mol. The van der Waals surface area contributed by atoms with Gasteiger partial charge in [0, 0.05) is 5.56 Å². The van der Waals surface area contributed by atoms with Gasteiger partial charge < -0.3 is 4.74 Å². The summed E-state index contributed by atoms with van der Waals surface area (Å²) in [6.07, 6.45) is -2.49. The van der Waals surface area contributed by atoms with Crippen molar-refractivity contribution < 1.29 is 22.7 Å². The van der Waals surface area contributed by atoms with Gasteiger partial charge in [-0.25, -0.2) is 0 Å². The highest BCUT2D eigenvalue weighted by atomic mass is 32.2. The Bertz CT molecular complexity index is 917. The Balaban J connectivity index is 2.06. The van der Waals surface area contributed by atoms with E-state index in [0.717, 1.165) is 12.1 Å². The molecule has 0 atom stereocenters. The maximum Gasteiger partial charge on any atom is 0.416 e. The summed E-state index contributed by atoms with van der Waals surface area (Å²) < 4.78 is 44.9. The molecule has 3 rings (SSSR count). The molecule has 0 saturated carbocycles. The molecule has 2 aromatic rings. The van der Waals surface area contributed by atoms with Gasteiger partial charge in [0.25, 0.3) is 0 Å². The van der Waals surface area contributed by atoms with Crippen LogP contribution in [0.1, 0.15) is 17.5 Å². The first kappa shape index (κ1) is 18.7. The number of ether oxygens (including phenoxy) is 1. The Labute approximate surface area is 158 Å². The molecule has 1 saturated heterocycles. The first-order valence-corrected chi connectivity index (χ1v) is 8.81. The molecule has 2 nitrogen and oxygen atoms in total. The van der Waals surface area contributed by atoms with Crippen molar-refractivity contribution in [1.82, 2.24) is 0 Å². The van der Waals surface area contributed by atoms with Crippen LogP contribution in [-0.2, 0) is 11.0 Å². The highest BCUT2D eigenvalue weighted by Gasteiger charge is 2.30. The lowest BCUT2D eigenvalue weighted by molar-refractivity contribution is -0.137. The second-order valence-corrected chi connectivity index (χ2v) is 7.51. The number of methoxy groups -OCH3 is 1. The van der Waals surface area contributed by atoms with Crippen molar-refractivity contribution in [1.29, 1.82) is 0 Å². The molecule has 0 bridgehead atoms. The number of thioether (sulfide) groups is 1. The Hall–Kier alpha value is -2.12. The van der Waals surface area contributed by atoms with Gasteiger partial charge >= 0.3 is 6.18 Å². The van der Waals surface area contributed by atoms with Gasteiger partial charge in [-0.05, 0) is 41.5 Å². The van der Waals surface area contributed by atoms with E-state index in [1.54, 1.807) is 30.3 Å². The maximum absolute atomic E-state index is 13.0. The van der Waals surface area contributed by atoms with Gasteiger partial charge in [-0.3, -0.25) is 4.79 Å². The third-order valence-corrected chi connectivity index (χ3v) is 5.16. The Morgan fingerprint density at radius 1 is 1.19 bits per heavy atom. The van der Waals surface area contributed by atoms with E-state index >= 15 is 0 Å². The van der Waals surface area contributed by atoms with E-state index in [4.69, 9.17) is 17.0 Å². The molecular formula is C19H13F3O2S2. The van der Waals surface area contributed by atoms with Crippen LogP contribution in [0.15, 0.2) is 47.4 Å². The van der Waals surface area contributed by atoms with Crippen molar-refractivity contribution in [2.75, 3.05) is 7.11 Å². The fraction of sp³-hybridized carbons (Fsp3) is 0.158. The van der Waals surface area contributed by atoms with Crippen molar-refractivity contribution in [3.8, 4) is 16.9 Å². The summed E-state index contributed by atoms with van der Waals surface area (Å²) in [6, 6.07) is 10.2. The van der Waals surface area contributed by atoms with Crippen LogP contribution < -0.4 is 4.74 Å². The molecule has 7 heteroatoms. The number of ketones is 1. The predicted octanol–water partition coefficient (Wildman–Crippen LogP) is 5.76. The summed E-state index contributed by atoms with van der Waals surface area (Å²) in [5.41, 5.74) is 0.871. The number of rotatable bonds is 3. The summed E-state index contributed by atoms with van der Waals surface area (Å²) in [5.74, 6) is 0.406. The van der Waals surface area contributed by atoms with Crippen LogP contribution in [0.4, 0.5) is 13.2 Å². The van der Waals surface area contributed by atoms with E-state index in [2.05, 4.69) is 0 Å². The molecule has 2 aromatic carbocycles. The van der Waals surface area contributed by atoms with Crippen LogP contribution in [-0.4, -0.2) is 17.1 Å². The second-order valence-electron chi connectivity index (χ2n) is 5.62. The molecule has 134 valence electrons. The van der Waals surface area contributed by atoms with Crippen molar-refractivity contribution in [3.05, 3.63) is 58.5 Å². The number of carbonyl (C=O) groups excluding carboxylic acids is 1. The molecule has 1 aliphatic heterocycles. The average Bonchev–Trinajstić information content (AvgIpc) is 2.91. The third kappa shape index (κ3) is 3.99. The highest BCUT2D eigenvalue weighted by Crippen LogP contribution is 2.37. The van der Waals surface area contributed by atoms with Crippen LogP contribution in [0.2, 0.25) is 0 Å². The number of hydrogen-bond donors (Lipinski definition) is 0. The number of Topliss-reactive ketones (excluding diaryl/α,β-unsaturated/α-hetero) is 1. The zero-order chi connectivity index (χ0) is 18.9. The van der Waals surface area contributed by atoms with E-state index in [1.165, 1.54) is 24.9 Å². The summed E-state index contributed by atoms with van der Waals surface area (Å²) in [6.45, 7) is 0. The SMILES string of the molecule is COc1ccc(/C=C2\SC(=S)CC2=O)cc1-c1cccc(C(F)(F)F)c1. The van der Waals surface area contributed by atoms with Gasteiger partial charge in [0.15, 0.2) is 5.78 Å². The number of alkyl halides is 3. The van der Waals surface area contributed by atoms with E-state index in [-0.39, 0.29) is 12.2 Å². The summed E-state index contributed by atoms with van der Waals surface area (Å²) >= 11 is 6.30. The maximum atomic E-state index is 13.0. The zero-order valence-corrected chi connectivity index (χ0v) is 15.2. The van der Waals surface area contributed by atoms with Crippen LogP contribution in [0.25, 0.3) is 17.2 Å². The lowest BCUT2D eigenvalue weighted by Crippen LogP contribution is -2.04. The largest absolute Gasteiger partial charge is 0.496 e. The molecule has 26 heavy (non-hydrogen) atoms. The fourth-order valence-electron chi connectivity index (χ4n) is 2.60. The third-order valence-electron chi connectivity index (χ3n) is 3.83. The molecule has 0 N–H and O–H groups in total. The van der Waals surface area contributed by atoms with Gasteiger partial charge in [0.05, 0.1) is 28.2 Å². The number of carbonyl (C=O) groups is 1. The molecule has 0 unspecified atom stereocenters. The number of hydrogen-bond acceptors (Lipinski definition) is 4. The van der Waals surface area contributed by atoms with Crippen molar-refractivity contribution in [2.24, 2.45) is 0 Å². The van der Waals surface area contributed by atoms with E-state index in [9.17, 15) is 18.0 Å². The number of thiocarbonyl (C=S) groups is 1. The molecule has 0 radical (unpaired) electrons. The Morgan fingerprint density at radius 3 is 2.58 bits per heavy atom. The van der Waals surface area contributed by atoms with Crippen LogP contribution in [0.5, 0.6) is 5.75 Å². The monoisotopic (exact) mass is 394 g/mol. The fourth-order valence-corrected chi connectivity index (χ4v) is 3.83. The summed E-state index contributed by atoms with van der Waals surface area (Å²) in [4.78, 5) is 12.4. The Kier molecular flexibility index (Phi) is 5.20. The molecular weight excluding hydrogens is 381 g/mol. The molecule has 0 aliphatic carbocycles. The topological polar surface area (TPSA) is 26.3 Å². The number of benzene rings is 2. The standard InChI is InChI=1S/C19H13F3O2S2/c1-24-16-6-5-11(8-17-15(23)10-18(25)26-17)7-14(16)12-3-2-4-13(9-12)19(20,21)22/h2-9H,10H2,1H3/b17-8-. The summed E-state index contributed by atoms with van der Waals surface area (Å²) in [5, 5.41) is 0. The first-order valence-electron chi connectivity index (χ1n) is 7.59. The van der Waals surface area contributed by atoms with E-state index in [0.29, 0.717) is 31.5 Å². The zero-order valence-electron chi connectivity index (χ0n) is 13.6. The van der Waals surface area contributed by atoms with Gasteiger partial charge in [0.1, 0.15) is 5.75 Å². The van der Waals surface area contributed by atoms with Gasteiger partial charge in [-0.1, -0.05) is 42.2 Å². The van der Waals surface area contributed by atoms with E-state index < -0.39 is 11.7 Å². The van der Waals surface area contributed by atoms with Gasteiger partial charge in [-0.15, -0.1) is 0 Å². The lowest BCUT2D eigenvalue weighted by Gasteiger charge is -2.12. The van der Waals surface area contributed by atoms with Crippen LogP contribution in [0.3, 0.4) is 0 Å². The van der Waals surface area contributed by atoms with Crippen molar-refractivity contribution in [2.45, 2.75) is 12.6 Å². The molecule has 0 spiro atoms. The molecule has 1 aliphatic rings. The molecule has 1 heterocycles. The minimum Gasteiger partial charge on any atom is -0.496 e. The second kappa shape index (κ2) is 7.25. The normalized spacial score (nSPS) is 16.4. The molecule has 0 amide bonds. The minimum absolute atomic E-state index is 0.0450.